The van der Waals surface area contributed by atoms with Gasteiger partial charge in [-0.05, 0) is 36.0 Å². The van der Waals surface area contributed by atoms with Crippen molar-refractivity contribution in [3.63, 3.8) is 0 Å². The number of carbonyl (C=O) groups is 4. The van der Waals surface area contributed by atoms with Crippen LogP contribution in [0.15, 0.2) is 79.9 Å². The van der Waals surface area contributed by atoms with Crippen molar-refractivity contribution >= 4 is 23.9 Å². The number of rotatable bonds is 15. The first-order chi connectivity index (χ1) is 20.4. The normalized spacial score (nSPS) is 15.4. The Morgan fingerprint density at radius 3 is 2.36 bits per heavy atom. The fourth-order valence-corrected chi connectivity index (χ4v) is 4.71. The second kappa shape index (κ2) is 16.7. The van der Waals surface area contributed by atoms with Crippen LogP contribution in [0.25, 0.3) is 0 Å². The third kappa shape index (κ3) is 9.59. The summed E-state index contributed by atoms with van der Waals surface area (Å²) in [7, 11) is 0. The number of allylic oxidation sites excluding steroid dienone is 1. The van der Waals surface area contributed by atoms with Crippen molar-refractivity contribution in [3.05, 3.63) is 96.6 Å². The number of amides is 3. The van der Waals surface area contributed by atoms with Gasteiger partial charge in [0.05, 0.1) is 25.1 Å². The molecule has 2 aromatic carbocycles. The lowest BCUT2D eigenvalue weighted by molar-refractivity contribution is -0.146. The van der Waals surface area contributed by atoms with Crippen LogP contribution in [-0.4, -0.2) is 65.7 Å². The number of benzene rings is 2. The van der Waals surface area contributed by atoms with E-state index < -0.39 is 24.0 Å². The Kier molecular flexibility index (Phi) is 12.8. The first-order valence-electron chi connectivity index (χ1n) is 14.0. The zero-order chi connectivity index (χ0) is 30.3. The highest BCUT2D eigenvalue weighted by Gasteiger charge is 2.31. The van der Waals surface area contributed by atoms with E-state index in [1.807, 2.05) is 54.6 Å². The Bertz CT molecular complexity index is 1230. The molecular weight excluding hydrogens is 538 g/mol. The summed E-state index contributed by atoms with van der Waals surface area (Å²) >= 11 is 0. The fraction of sp³-hybridized carbons (Fsp3) is 0.375. The second-order valence-electron chi connectivity index (χ2n) is 10.00. The molecule has 1 aliphatic heterocycles. The average molecular weight is 578 g/mol. The Labute approximate surface area is 246 Å². The highest BCUT2D eigenvalue weighted by Crippen LogP contribution is 2.25. The van der Waals surface area contributed by atoms with Crippen molar-refractivity contribution in [1.82, 2.24) is 15.5 Å². The Hall–Kier alpha value is -4.44. The molecule has 10 heteroatoms. The number of alkyl carbamates (subject to hydrolysis) is 1. The molecule has 2 aromatic rings. The SMILES string of the molecule is C=CC[C@@H](CC(=O)N1Cc2ccccc2C[C@H]1CO)C(=O)NCCOC(=O)[C@@H](CC=C)NC(=O)OCc1ccccc1. The molecule has 0 fully saturated rings. The van der Waals surface area contributed by atoms with Crippen LogP contribution in [0.3, 0.4) is 0 Å². The standard InChI is InChI=1S/C32H39N3O7/c1-3-10-25(19-29(37)35-20-26-15-9-8-14-24(26)18-27(35)21-36)30(38)33-16-17-41-31(39)28(11-4-2)34-32(40)42-22-23-12-6-5-7-13-23/h3-9,12-15,25,27-28,36H,1-2,10-11,16-22H2,(H,33,38)(H,34,40)/t25-,27-,28+/m0/s1. The quantitative estimate of drug-likeness (QED) is 0.168. The number of aliphatic hydroxyl groups excluding tert-OH is 1. The molecule has 0 aromatic heterocycles. The Morgan fingerprint density at radius 1 is 0.976 bits per heavy atom. The number of nitrogens with zero attached hydrogens (tertiary/aromatic N) is 1. The van der Waals surface area contributed by atoms with Gasteiger partial charge in [-0.25, -0.2) is 9.59 Å². The van der Waals surface area contributed by atoms with Crippen LogP contribution in [0.1, 0.15) is 36.0 Å². The van der Waals surface area contributed by atoms with Crippen LogP contribution in [0, 0.1) is 5.92 Å². The van der Waals surface area contributed by atoms with Gasteiger partial charge in [-0.3, -0.25) is 9.59 Å². The van der Waals surface area contributed by atoms with E-state index in [2.05, 4.69) is 23.8 Å². The van der Waals surface area contributed by atoms with Crippen molar-refractivity contribution in [1.29, 1.82) is 0 Å². The van der Waals surface area contributed by atoms with Crippen LogP contribution in [0.5, 0.6) is 0 Å². The molecule has 0 saturated carbocycles. The van der Waals surface area contributed by atoms with E-state index in [-0.39, 0.29) is 63.5 Å². The molecule has 3 atom stereocenters. The van der Waals surface area contributed by atoms with Crippen LogP contribution in [0.4, 0.5) is 4.79 Å². The van der Waals surface area contributed by atoms with E-state index in [4.69, 9.17) is 9.47 Å². The van der Waals surface area contributed by atoms with Gasteiger partial charge in [-0.1, -0.05) is 66.7 Å². The predicted molar refractivity (Wildman–Crippen MR) is 157 cm³/mol. The highest BCUT2D eigenvalue weighted by molar-refractivity contribution is 5.86. The summed E-state index contributed by atoms with van der Waals surface area (Å²) in [5.41, 5.74) is 2.93. The van der Waals surface area contributed by atoms with Crippen LogP contribution < -0.4 is 10.6 Å². The lowest BCUT2D eigenvalue weighted by atomic mass is 9.92. The summed E-state index contributed by atoms with van der Waals surface area (Å²) in [6.45, 7) is 7.45. The van der Waals surface area contributed by atoms with E-state index in [1.54, 1.807) is 11.0 Å². The Morgan fingerprint density at radius 2 is 1.67 bits per heavy atom. The van der Waals surface area contributed by atoms with E-state index in [0.29, 0.717) is 13.0 Å². The van der Waals surface area contributed by atoms with Gasteiger partial charge in [-0.15, -0.1) is 13.2 Å². The monoisotopic (exact) mass is 577 g/mol. The molecule has 0 unspecified atom stereocenters. The molecule has 0 radical (unpaired) electrons. The number of carbonyl (C=O) groups excluding carboxylic acids is 4. The minimum Gasteiger partial charge on any atom is -0.462 e. The molecular formula is C32H39N3O7. The van der Waals surface area contributed by atoms with E-state index in [9.17, 15) is 24.3 Å². The first-order valence-corrected chi connectivity index (χ1v) is 14.0. The molecule has 224 valence electrons. The molecule has 3 amide bonds. The summed E-state index contributed by atoms with van der Waals surface area (Å²) in [5, 5.41) is 15.1. The summed E-state index contributed by atoms with van der Waals surface area (Å²) in [6, 6.07) is 15.6. The zero-order valence-electron chi connectivity index (χ0n) is 23.7. The predicted octanol–water partition coefficient (Wildman–Crippen LogP) is 3.05. The maximum Gasteiger partial charge on any atom is 0.408 e. The minimum atomic E-state index is -0.998. The maximum absolute atomic E-state index is 13.2. The summed E-state index contributed by atoms with van der Waals surface area (Å²) < 4.78 is 10.4. The lowest BCUT2D eigenvalue weighted by Crippen LogP contribution is -2.47. The number of fused-ring (bicyclic) bond motifs is 1. The first kappa shape index (κ1) is 32.1. The fourth-order valence-electron chi connectivity index (χ4n) is 4.71. The Balaban J connectivity index is 1.45. The molecule has 0 aliphatic carbocycles. The van der Waals surface area contributed by atoms with Gasteiger partial charge in [0, 0.05) is 13.0 Å². The smallest absolute Gasteiger partial charge is 0.408 e. The van der Waals surface area contributed by atoms with Crippen molar-refractivity contribution < 1.29 is 33.8 Å². The lowest BCUT2D eigenvalue weighted by Gasteiger charge is -2.36. The van der Waals surface area contributed by atoms with Gasteiger partial charge in [0.2, 0.25) is 11.8 Å². The number of hydrogen-bond donors (Lipinski definition) is 3. The van der Waals surface area contributed by atoms with E-state index in [0.717, 1.165) is 16.7 Å². The van der Waals surface area contributed by atoms with Gasteiger partial charge < -0.3 is 30.1 Å². The molecule has 3 rings (SSSR count). The zero-order valence-corrected chi connectivity index (χ0v) is 23.7. The van der Waals surface area contributed by atoms with Crippen LogP contribution in [-0.2, 0) is 43.4 Å². The molecule has 0 spiro atoms. The minimum absolute atomic E-state index is 0.0159. The van der Waals surface area contributed by atoms with Gasteiger partial charge in [-0.2, -0.15) is 0 Å². The number of ether oxygens (including phenoxy) is 2. The third-order valence-electron chi connectivity index (χ3n) is 6.97. The van der Waals surface area contributed by atoms with E-state index in [1.165, 1.54) is 6.08 Å². The maximum atomic E-state index is 13.2. The summed E-state index contributed by atoms with van der Waals surface area (Å²) in [4.78, 5) is 52.5. The third-order valence-corrected chi connectivity index (χ3v) is 6.97. The number of hydrogen-bond acceptors (Lipinski definition) is 7. The molecule has 0 bridgehead atoms. The van der Waals surface area contributed by atoms with Crippen LogP contribution >= 0.6 is 0 Å². The molecule has 0 saturated heterocycles. The van der Waals surface area contributed by atoms with Gasteiger partial charge >= 0.3 is 12.1 Å². The molecule has 1 heterocycles. The molecule has 1 aliphatic rings. The van der Waals surface area contributed by atoms with Crippen molar-refractivity contribution in [3.8, 4) is 0 Å². The summed E-state index contributed by atoms with van der Waals surface area (Å²) in [6.07, 6.45) is 3.20. The second-order valence-corrected chi connectivity index (χ2v) is 10.00. The number of esters is 1. The molecule has 42 heavy (non-hydrogen) atoms. The molecule has 3 N–H and O–H groups in total. The largest absolute Gasteiger partial charge is 0.462 e. The van der Waals surface area contributed by atoms with Crippen molar-refractivity contribution in [2.24, 2.45) is 5.92 Å². The number of aliphatic hydroxyl groups is 1. The molecule has 10 nitrogen and oxygen atoms in total. The highest BCUT2D eigenvalue weighted by atomic mass is 16.6. The van der Waals surface area contributed by atoms with Gasteiger partial charge in [0.25, 0.3) is 0 Å². The average Bonchev–Trinajstić information content (AvgIpc) is 3.01. The number of nitrogens with one attached hydrogen (secondary N) is 2. The van der Waals surface area contributed by atoms with Crippen molar-refractivity contribution in [2.45, 2.75) is 50.9 Å². The van der Waals surface area contributed by atoms with E-state index >= 15 is 0 Å². The van der Waals surface area contributed by atoms with Crippen LogP contribution in [0.2, 0.25) is 0 Å². The van der Waals surface area contributed by atoms with Gasteiger partial charge in [0.1, 0.15) is 19.3 Å². The summed E-state index contributed by atoms with van der Waals surface area (Å²) in [5.74, 6) is -1.96. The van der Waals surface area contributed by atoms with Gasteiger partial charge in [0.15, 0.2) is 0 Å². The topological polar surface area (TPSA) is 134 Å². The van der Waals surface area contributed by atoms with Crippen molar-refractivity contribution in [2.75, 3.05) is 19.8 Å².